The monoisotopic (exact) mass is 256 g/mol. The van der Waals surface area contributed by atoms with E-state index in [0.717, 1.165) is 12.1 Å². The molecule has 1 aliphatic heterocycles. The molecule has 0 fully saturated rings. The van der Waals surface area contributed by atoms with E-state index >= 15 is 0 Å². The summed E-state index contributed by atoms with van der Waals surface area (Å²) < 4.78 is 1.38. The number of anilines is 1. The van der Waals surface area contributed by atoms with Crippen molar-refractivity contribution < 1.29 is 9.59 Å². The maximum absolute atomic E-state index is 12.2. The first kappa shape index (κ1) is 11.6. The van der Waals surface area contributed by atoms with Gasteiger partial charge in [0.2, 0.25) is 5.91 Å². The highest BCUT2D eigenvalue weighted by atomic mass is 16.2. The molecule has 19 heavy (non-hydrogen) atoms. The SMILES string of the molecule is O=Cc1cn(CC(=O)N2CCc3ccccc32)nn1. The lowest BCUT2D eigenvalue weighted by Gasteiger charge is -2.16. The van der Waals surface area contributed by atoms with Crippen molar-refractivity contribution in [3.05, 3.63) is 41.7 Å². The number of benzene rings is 1. The largest absolute Gasteiger partial charge is 0.310 e. The second-order valence-electron chi connectivity index (χ2n) is 4.38. The fourth-order valence-corrected chi connectivity index (χ4v) is 2.27. The van der Waals surface area contributed by atoms with Crippen LogP contribution in [0.2, 0.25) is 0 Å². The van der Waals surface area contributed by atoms with Crippen LogP contribution in [0.15, 0.2) is 30.5 Å². The fraction of sp³-hybridized carbons (Fsp3) is 0.231. The molecule has 0 radical (unpaired) electrons. The van der Waals surface area contributed by atoms with E-state index in [9.17, 15) is 9.59 Å². The highest BCUT2D eigenvalue weighted by molar-refractivity contribution is 5.95. The van der Waals surface area contributed by atoms with Crippen LogP contribution < -0.4 is 4.90 Å². The van der Waals surface area contributed by atoms with E-state index in [4.69, 9.17) is 0 Å². The summed E-state index contributed by atoms with van der Waals surface area (Å²) in [6.07, 6.45) is 2.95. The van der Waals surface area contributed by atoms with Crippen molar-refractivity contribution in [3.63, 3.8) is 0 Å². The van der Waals surface area contributed by atoms with Gasteiger partial charge in [-0.15, -0.1) is 5.10 Å². The molecule has 1 aromatic heterocycles. The van der Waals surface area contributed by atoms with Crippen molar-refractivity contribution in [1.82, 2.24) is 15.0 Å². The van der Waals surface area contributed by atoms with E-state index in [-0.39, 0.29) is 18.1 Å². The number of aromatic nitrogens is 3. The Morgan fingerprint density at radius 1 is 1.37 bits per heavy atom. The summed E-state index contributed by atoms with van der Waals surface area (Å²) in [5, 5.41) is 7.38. The molecule has 2 aromatic rings. The lowest BCUT2D eigenvalue weighted by atomic mass is 10.2. The van der Waals surface area contributed by atoms with E-state index in [2.05, 4.69) is 10.3 Å². The summed E-state index contributed by atoms with van der Waals surface area (Å²) in [5.41, 5.74) is 2.38. The molecule has 0 aliphatic carbocycles. The number of hydrogen-bond donors (Lipinski definition) is 0. The Morgan fingerprint density at radius 2 is 2.21 bits per heavy atom. The molecule has 0 saturated heterocycles. The lowest BCUT2D eigenvalue weighted by molar-refractivity contribution is -0.119. The summed E-state index contributed by atoms with van der Waals surface area (Å²) in [6, 6.07) is 7.87. The standard InChI is InChI=1S/C13H12N4O2/c18-9-11-7-16(15-14-11)8-13(19)17-6-5-10-3-1-2-4-12(10)17/h1-4,7,9H,5-6,8H2. The van der Waals surface area contributed by atoms with Gasteiger partial charge < -0.3 is 4.90 Å². The molecular weight excluding hydrogens is 244 g/mol. The van der Waals surface area contributed by atoms with Crippen molar-refractivity contribution >= 4 is 17.9 Å². The van der Waals surface area contributed by atoms with Crippen LogP contribution >= 0.6 is 0 Å². The highest BCUT2D eigenvalue weighted by Gasteiger charge is 2.24. The third-order valence-electron chi connectivity index (χ3n) is 3.16. The van der Waals surface area contributed by atoms with Crippen LogP contribution in [0.5, 0.6) is 0 Å². The maximum atomic E-state index is 12.2. The summed E-state index contributed by atoms with van der Waals surface area (Å²) in [4.78, 5) is 24.5. The number of amides is 1. The number of fused-ring (bicyclic) bond motifs is 1. The Balaban J connectivity index is 1.77. The number of hydrogen-bond acceptors (Lipinski definition) is 4. The Hall–Kier alpha value is -2.50. The first-order valence-corrected chi connectivity index (χ1v) is 6.01. The van der Waals surface area contributed by atoms with Crippen molar-refractivity contribution in [1.29, 1.82) is 0 Å². The number of nitrogens with zero attached hydrogens (tertiary/aromatic N) is 4. The van der Waals surface area contributed by atoms with Crippen molar-refractivity contribution in [2.24, 2.45) is 0 Å². The van der Waals surface area contributed by atoms with Gasteiger partial charge >= 0.3 is 0 Å². The number of rotatable bonds is 3. The molecule has 0 bridgehead atoms. The molecule has 0 saturated carbocycles. The predicted octanol–water partition coefficient (Wildman–Crippen LogP) is 0.680. The predicted molar refractivity (Wildman–Crippen MR) is 67.9 cm³/mol. The normalized spacial score (nSPS) is 13.4. The van der Waals surface area contributed by atoms with Gasteiger partial charge in [-0.25, -0.2) is 4.68 Å². The van der Waals surface area contributed by atoms with Crippen molar-refractivity contribution in [2.45, 2.75) is 13.0 Å². The third-order valence-corrected chi connectivity index (χ3v) is 3.16. The van der Waals surface area contributed by atoms with Gasteiger partial charge in [-0.05, 0) is 18.1 Å². The average Bonchev–Trinajstić information content (AvgIpc) is 3.04. The fourth-order valence-electron chi connectivity index (χ4n) is 2.27. The average molecular weight is 256 g/mol. The van der Waals surface area contributed by atoms with Crippen LogP contribution in [0, 0.1) is 0 Å². The van der Waals surface area contributed by atoms with Gasteiger partial charge in [0.05, 0.1) is 6.20 Å². The minimum Gasteiger partial charge on any atom is -0.310 e. The number of para-hydroxylation sites is 1. The molecule has 0 atom stereocenters. The van der Waals surface area contributed by atoms with Crippen molar-refractivity contribution in [3.8, 4) is 0 Å². The van der Waals surface area contributed by atoms with Crippen molar-refractivity contribution in [2.75, 3.05) is 11.4 Å². The first-order valence-electron chi connectivity index (χ1n) is 6.01. The van der Waals surface area contributed by atoms with Crippen LogP contribution in [0.4, 0.5) is 5.69 Å². The molecule has 6 heteroatoms. The van der Waals surface area contributed by atoms with E-state index in [1.165, 1.54) is 16.4 Å². The second-order valence-corrected chi connectivity index (χ2v) is 4.38. The lowest BCUT2D eigenvalue weighted by Crippen LogP contribution is -2.32. The first-order chi connectivity index (χ1) is 9.28. The molecule has 3 rings (SSSR count). The Bertz CT molecular complexity index is 635. The summed E-state index contributed by atoms with van der Waals surface area (Å²) in [5.74, 6) is -0.0488. The van der Waals surface area contributed by atoms with Crippen LogP contribution in [0.1, 0.15) is 16.1 Å². The van der Waals surface area contributed by atoms with Gasteiger partial charge in [-0.3, -0.25) is 9.59 Å². The smallest absolute Gasteiger partial charge is 0.248 e. The minimum absolute atomic E-state index is 0.0488. The zero-order valence-corrected chi connectivity index (χ0v) is 10.2. The van der Waals surface area contributed by atoms with Gasteiger partial charge in [-0.1, -0.05) is 23.4 Å². The van der Waals surface area contributed by atoms with Gasteiger partial charge in [0, 0.05) is 12.2 Å². The molecule has 0 unspecified atom stereocenters. The van der Waals surface area contributed by atoms with E-state index in [1.54, 1.807) is 4.90 Å². The minimum atomic E-state index is -0.0488. The van der Waals surface area contributed by atoms with E-state index < -0.39 is 0 Å². The zero-order chi connectivity index (χ0) is 13.2. The van der Waals surface area contributed by atoms with Gasteiger partial charge in [0.25, 0.3) is 0 Å². The maximum Gasteiger partial charge on any atom is 0.248 e. The molecule has 1 aliphatic rings. The zero-order valence-electron chi connectivity index (χ0n) is 10.2. The molecule has 0 spiro atoms. The Morgan fingerprint density at radius 3 is 3.00 bits per heavy atom. The summed E-state index contributed by atoms with van der Waals surface area (Å²) in [7, 11) is 0. The summed E-state index contributed by atoms with van der Waals surface area (Å²) in [6.45, 7) is 0.780. The molecule has 1 amide bonds. The van der Waals surface area contributed by atoms with Crippen LogP contribution in [0.3, 0.4) is 0 Å². The second kappa shape index (κ2) is 4.64. The van der Waals surface area contributed by atoms with Gasteiger partial charge in [0.1, 0.15) is 12.2 Å². The van der Waals surface area contributed by atoms with Crippen LogP contribution in [-0.4, -0.2) is 33.7 Å². The van der Waals surface area contributed by atoms with E-state index in [1.807, 2.05) is 24.3 Å². The molecule has 6 nitrogen and oxygen atoms in total. The van der Waals surface area contributed by atoms with Gasteiger partial charge in [-0.2, -0.15) is 0 Å². The van der Waals surface area contributed by atoms with Crippen LogP contribution in [-0.2, 0) is 17.8 Å². The molecule has 96 valence electrons. The number of carbonyl (C=O) groups is 2. The highest BCUT2D eigenvalue weighted by Crippen LogP contribution is 2.27. The number of aldehydes is 1. The molecular formula is C13H12N4O2. The summed E-state index contributed by atoms with van der Waals surface area (Å²) >= 11 is 0. The Kier molecular flexibility index (Phi) is 2.83. The molecule has 2 heterocycles. The quantitative estimate of drug-likeness (QED) is 0.757. The van der Waals surface area contributed by atoms with Gasteiger partial charge in [0.15, 0.2) is 6.29 Å². The molecule has 1 aromatic carbocycles. The third kappa shape index (κ3) is 2.12. The molecule has 0 N–H and O–H groups in total. The Labute approximate surface area is 109 Å². The number of carbonyl (C=O) groups excluding carboxylic acids is 2. The van der Waals surface area contributed by atoms with Crippen LogP contribution in [0.25, 0.3) is 0 Å². The topological polar surface area (TPSA) is 68.1 Å². The van der Waals surface area contributed by atoms with E-state index in [0.29, 0.717) is 12.8 Å².